The number of halogens is 1. The maximum absolute atomic E-state index is 14.6. The molecule has 0 spiro atoms. The average Bonchev–Trinajstić information content (AvgIpc) is 3.23. The summed E-state index contributed by atoms with van der Waals surface area (Å²) < 4.78 is 19.8. The molecule has 1 unspecified atom stereocenters. The number of hydrogen-bond donors (Lipinski definition) is 2. The molecular formula is C20H27FN4O3. The Hall–Kier alpha value is -2.90. The molecule has 7 nitrogen and oxygen atoms in total. The monoisotopic (exact) mass is 390 g/mol. The van der Waals surface area contributed by atoms with E-state index in [1.165, 1.54) is 17.9 Å². The normalized spacial score (nSPS) is 20.2. The smallest absolute Gasteiger partial charge is 0.414 e. The molecule has 0 aliphatic carbocycles. The number of nitrogens with one attached hydrogen (secondary N) is 2. The van der Waals surface area contributed by atoms with Crippen molar-refractivity contribution in [2.24, 2.45) is 0 Å². The lowest BCUT2D eigenvalue weighted by molar-refractivity contribution is -0.119. The van der Waals surface area contributed by atoms with Crippen molar-refractivity contribution in [3.05, 3.63) is 35.7 Å². The van der Waals surface area contributed by atoms with Crippen LogP contribution in [0.4, 0.5) is 20.6 Å². The fourth-order valence-corrected chi connectivity index (χ4v) is 3.10. The molecule has 1 aromatic rings. The van der Waals surface area contributed by atoms with Gasteiger partial charge in [-0.2, -0.15) is 0 Å². The first-order chi connectivity index (χ1) is 13.4. The van der Waals surface area contributed by atoms with E-state index in [1.807, 2.05) is 26.8 Å². The van der Waals surface area contributed by atoms with Gasteiger partial charge in [0.2, 0.25) is 5.91 Å². The highest BCUT2D eigenvalue weighted by molar-refractivity contribution is 6.04. The van der Waals surface area contributed by atoms with Crippen LogP contribution in [0.2, 0.25) is 0 Å². The minimum atomic E-state index is -0.563. The number of hydrogen-bond acceptors (Lipinski definition) is 5. The second-order valence-corrected chi connectivity index (χ2v) is 6.34. The van der Waals surface area contributed by atoms with E-state index in [9.17, 15) is 14.0 Å². The molecule has 152 valence electrons. The molecule has 1 aromatic carbocycles. The Kier molecular flexibility index (Phi) is 7.14. The fourth-order valence-electron chi connectivity index (χ4n) is 3.10. The van der Waals surface area contributed by atoms with Crippen molar-refractivity contribution in [1.29, 1.82) is 5.41 Å². The lowest BCUT2D eigenvalue weighted by Gasteiger charge is -2.20. The van der Waals surface area contributed by atoms with E-state index < -0.39 is 18.0 Å². The maximum Gasteiger partial charge on any atom is 0.414 e. The first-order valence-corrected chi connectivity index (χ1v) is 9.39. The molecule has 8 heteroatoms. The number of benzene rings is 1. The zero-order valence-electron chi connectivity index (χ0n) is 16.7. The standard InChI is InChI=1S/C18H21FN4O3.C2H6/c1-3-12-8-22(10-16(12)20)17-5-4-13(6-15(17)19)23-9-14(26-18(23)25)7-21-11(2)24;1-2/h3-6,14,20H,7-10H2,1-2H3,(H,21,24);1-2H3/b12-3-,20-16?;. The van der Waals surface area contributed by atoms with Crippen LogP contribution >= 0.6 is 0 Å². The molecule has 2 heterocycles. The van der Waals surface area contributed by atoms with E-state index >= 15 is 0 Å². The number of rotatable bonds is 4. The van der Waals surface area contributed by atoms with Gasteiger partial charge in [0.15, 0.2) is 0 Å². The molecule has 2 aliphatic heterocycles. The number of carbonyl (C=O) groups is 2. The van der Waals surface area contributed by atoms with Crippen LogP contribution in [0.3, 0.4) is 0 Å². The SMILES string of the molecule is C/C=C1/CN(c2ccc(N3CC(CNC(C)=O)OC3=O)cc2F)CC1=N.CC. The Labute approximate surface area is 164 Å². The first-order valence-electron chi connectivity index (χ1n) is 9.39. The molecule has 2 aliphatic rings. The van der Waals surface area contributed by atoms with Gasteiger partial charge in [0.05, 0.1) is 36.7 Å². The van der Waals surface area contributed by atoms with Gasteiger partial charge in [-0.1, -0.05) is 19.9 Å². The number of ether oxygens (including phenoxy) is 1. The molecule has 0 aromatic heterocycles. The highest BCUT2D eigenvalue weighted by Gasteiger charge is 2.33. The second-order valence-electron chi connectivity index (χ2n) is 6.34. The summed E-state index contributed by atoms with van der Waals surface area (Å²) in [6.45, 7) is 8.58. The topological polar surface area (TPSA) is 85.7 Å². The predicted octanol–water partition coefficient (Wildman–Crippen LogP) is 3.10. The third kappa shape index (κ3) is 4.68. The van der Waals surface area contributed by atoms with Crippen LogP contribution in [-0.4, -0.2) is 50.0 Å². The summed E-state index contributed by atoms with van der Waals surface area (Å²) in [5.74, 6) is -0.655. The number of amides is 2. The molecule has 0 bridgehead atoms. The van der Waals surface area contributed by atoms with E-state index in [-0.39, 0.29) is 19.0 Å². The molecule has 1 atom stereocenters. The average molecular weight is 390 g/mol. The molecule has 3 rings (SSSR count). The molecule has 28 heavy (non-hydrogen) atoms. The van der Waals surface area contributed by atoms with E-state index in [0.29, 0.717) is 30.2 Å². The Morgan fingerprint density at radius 3 is 2.68 bits per heavy atom. The largest absolute Gasteiger partial charge is 0.442 e. The van der Waals surface area contributed by atoms with Crippen LogP contribution in [-0.2, 0) is 9.53 Å². The van der Waals surface area contributed by atoms with Crippen molar-refractivity contribution in [2.45, 2.75) is 33.8 Å². The van der Waals surface area contributed by atoms with Crippen LogP contribution < -0.4 is 15.1 Å². The summed E-state index contributed by atoms with van der Waals surface area (Å²) in [6.07, 6.45) is 0.835. The molecule has 2 saturated heterocycles. The zero-order chi connectivity index (χ0) is 20.8. The minimum Gasteiger partial charge on any atom is -0.442 e. The van der Waals surface area contributed by atoms with Gasteiger partial charge in [0.1, 0.15) is 11.9 Å². The number of allylic oxidation sites excluding steroid dienone is 1. The summed E-state index contributed by atoms with van der Waals surface area (Å²) in [5.41, 5.74) is 2.18. The Bertz CT molecular complexity index is 794. The van der Waals surface area contributed by atoms with Crippen molar-refractivity contribution in [1.82, 2.24) is 5.32 Å². The Balaban J connectivity index is 0.00000136. The highest BCUT2D eigenvalue weighted by Crippen LogP contribution is 2.30. The van der Waals surface area contributed by atoms with Crippen molar-refractivity contribution in [3.63, 3.8) is 0 Å². The van der Waals surface area contributed by atoms with Gasteiger partial charge in [0.25, 0.3) is 0 Å². The molecule has 2 amide bonds. The van der Waals surface area contributed by atoms with Gasteiger partial charge in [-0.3, -0.25) is 9.69 Å². The highest BCUT2D eigenvalue weighted by atomic mass is 19.1. The van der Waals surface area contributed by atoms with Gasteiger partial charge >= 0.3 is 6.09 Å². The Morgan fingerprint density at radius 1 is 1.39 bits per heavy atom. The van der Waals surface area contributed by atoms with Crippen molar-refractivity contribution in [3.8, 4) is 0 Å². The van der Waals surface area contributed by atoms with Gasteiger partial charge in [0, 0.05) is 13.5 Å². The van der Waals surface area contributed by atoms with Crippen molar-refractivity contribution < 1.29 is 18.7 Å². The Morgan fingerprint density at radius 2 is 2.11 bits per heavy atom. The number of anilines is 2. The second kappa shape index (κ2) is 9.34. The summed E-state index contributed by atoms with van der Waals surface area (Å²) in [4.78, 5) is 26.1. The summed E-state index contributed by atoms with van der Waals surface area (Å²) in [6, 6.07) is 4.58. The van der Waals surface area contributed by atoms with Gasteiger partial charge < -0.3 is 20.4 Å². The third-order valence-corrected chi connectivity index (χ3v) is 4.48. The van der Waals surface area contributed by atoms with Crippen LogP contribution in [0.1, 0.15) is 27.7 Å². The maximum atomic E-state index is 14.6. The van der Waals surface area contributed by atoms with E-state index in [4.69, 9.17) is 10.1 Å². The number of carbonyl (C=O) groups excluding carboxylic acids is 2. The van der Waals surface area contributed by atoms with Gasteiger partial charge in [-0.25, -0.2) is 9.18 Å². The molecule has 0 radical (unpaired) electrons. The molecular weight excluding hydrogens is 363 g/mol. The van der Waals surface area contributed by atoms with E-state index in [0.717, 1.165) is 5.57 Å². The summed E-state index contributed by atoms with van der Waals surface area (Å²) in [7, 11) is 0. The number of cyclic esters (lactones) is 1. The zero-order valence-corrected chi connectivity index (χ0v) is 16.7. The number of nitrogens with zero attached hydrogens (tertiary/aromatic N) is 2. The lowest BCUT2D eigenvalue weighted by atomic mass is 10.2. The van der Waals surface area contributed by atoms with Crippen LogP contribution in [0.15, 0.2) is 29.8 Å². The van der Waals surface area contributed by atoms with Crippen LogP contribution in [0.5, 0.6) is 0 Å². The first kappa shape index (κ1) is 21.4. The summed E-state index contributed by atoms with van der Waals surface area (Å²) in [5, 5.41) is 10.5. The minimum absolute atomic E-state index is 0.202. The van der Waals surface area contributed by atoms with Crippen molar-refractivity contribution in [2.75, 3.05) is 36.0 Å². The lowest BCUT2D eigenvalue weighted by Crippen LogP contribution is -2.33. The quantitative estimate of drug-likeness (QED) is 0.827. The molecule has 2 N–H and O–H groups in total. The van der Waals surface area contributed by atoms with E-state index in [1.54, 1.807) is 17.0 Å². The molecule has 2 fully saturated rings. The van der Waals surface area contributed by atoms with Gasteiger partial charge in [-0.15, -0.1) is 0 Å². The summed E-state index contributed by atoms with van der Waals surface area (Å²) >= 11 is 0. The van der Waals surface area contributed by atoms with Gasteiger partial charge in [-0.05, 0) is 30.7 Å². The fraction of sp³-hybridized carbons (Fsp3) is 0.450. The third-order valence-electron chi connectivity index (χ3n) is 4.48. The van der Waals surface area contributed by atoms with E-state index in [2.05, 4.69) is 5.32 Å². The van der Waals surface area contributed by atoms with Crippen molar-refractivity contribution >= 4 is 29.1 Å². The van der Waals surface area contributed by atoms with Crippen LogP contribution in [0, 0.1) is 11.2 Å². The predicted molar refractivity (Wildman–Crippen MR) is 108 cm³/mol. The van der Waals surface area contributed by atoms with Crippen LogP contribution in [0.25, 0.3) is 0 Å². The molecule has 0 saturated carbocycles.